The van der Waals surface area contributed by atoms with Crippen molar-refractivity contribution < 1.29 is 4.74 Å². The number of hydrogen-bond acceptors (Lipinski definition) is 1. The van der Waals surface area contributed by atoms with Crippen molar-refractivity contribution in [1.82, 2.24) is 0 Å². The Labute approximate surface area is 137 Å². The average Bonchev–Trinajstić information content (AvgIpc) is 3.03. The van der Waals surface area contributed by atoms with E-state index in [1.54, 1.807) is 0 Å². The van der Waals surface area contributed by atoms with E-state index in [0.717, 1.165) is 5.75 Å². The Morgan fingerprint density at radius 3 is 2.09 bits per heavy atom. The van der Waals surface area contributed by atoms with E-state index in [-0.39, 0.29) is 5.41 Å². The molecule has 1 aromatic carbocycles. The van der Waals surface area contributed by atoms with Crippen molar-refractivity contribution in [2.75, 3.05) is 7.11 Å². The highest BCUT2D eigenvalue weighted by molar-refractivity contribution is 6.94. The Kier molecular flexibility index (Phi) is 5.01. The van der Waals surface area contributed by atoms with Crippen LogP contribution < -0.4 is 9.92 Å². The fourth-order valence-electron chi connectivity index (χ4n) is 3.82. The number of ether oxygens (including phenoxy) is 1. The van der Waals surface area contributed by atoms with E-state index >= 15 is 0 Å². The summed E-state index contributed by atoms with van der Waals surface area (Å²) in [7, 11) is 0.171. The lowest BCUT2D eigenvalue weighted by molar-refractivity contribution is 0.400. The van der Waals surface area contributed by atoms with Crippen LogP contribution >= 0.6 is 0 Å². The van der Waals surface area contributed by atoms with Crippen LogP contribution in [-0.2, 0) is 5.41 Å². The quantitative estimate of drug-likeness (QED) is 0.680. The van der Waals surface area contributed by atoms with Crippen molar-refractivity contribution in [2.45, 2.75) is 57.7 Å². The highest BCUT2D eigenvalue weighted by Gasteiger charge is 2.41. The van der Waals surface area contributed by atoms with Gasteiger partial charge in [-0.1, -0.05) is 89.2 Å². The number of para-hydroxylation sites is 1. The van der Waals surface area contributed by atoms with E-state index in [0.29, 0.717) is 5.54 Å². The minimum atomic E-state index is -1.66. The minimum Gasteiger partial charge on any atom is -0.497 e. The first-order valence-electron chi connectivity index (χ1n) is 8.43. The van der Waals surface area contributed by atoms with Crippen LogP contribution in [0.5, 0.6) is 5.75 Å². The van der Waals surface area contributed by atoms with Crippen LogP contribution in [0.4, 0.5) is 0 Å². The van der Waals surface area contributed by atoms with Gasteiger partial charge in [0, 0.05) is 0 Å². The second-order valence-corrected chi connectivity index (χ2v) is 12.2. The highest BCUT2D eigenvalue weighted by Crippen LogP contribution is 2.39. The standard InChI is InChI=1S/C20H30OSi/c1-7-22(8-2,16-12-9-10-13-16)18-15-11-14-17(19(18)21-6)20(3,4)5/h9-16H,7-8H2,1-6H3. The predicted molar refractivity (Wildman–Crippen MR) is 100 cm³/mol. The molecule has 0 saturated heterocycles. The molecule has 1 aliphatic rings. The molecule has 1 nitrogen and oxygen atoms in total. The summed E-state index contributed by atoms with van der Waals surface area (Å²) in [6.45, 7) is 11.5. The molecular weight excluding hydrogens is 284 g/mol. The maximum atomic E-state index is 5.96. The summed E-state index contributed by atoms with van der Waals surface area (Å²) in [4.78, 5) is 0. The minimum absolute atomic E-state index is 0.102. The van der Waals surface area contributed by atoms with Gasteiger partial charge in [-0.3, -0.25) is 0 Å². The Morgan fingerprint density at radius 2 is 1.64 bits per heavy atom. The van der Waals surface area contributed by atoms with Crippen LogP contribution in [0.2, 0.25) is 17.6 Å². The van der Waals surface area contributed by atoms with Crippen molar-refractivity contribution in [3.05, 3.63) is 48.1 Å². The van der Waals surface area contributed by atoms with Crippen LogP contribution in [-0.4, -0.2) is 15.2 Å². The van der Waals surface area contributed by atoms with Gasteiger partial charge in [-0.25, -0.2) is 0 Å². The van der Waals surface area contributed by atoms with E-state index in [1.165, 1.54) is 22.8 Å². The molecule has 0 amide bonds. The van der Waals surface area contributed by atoms with Gasteiger partial charge in [-0.05, 0) is 21.7 Å². The molecule has 0 bridgehead atoms. The van der Waals surface area contributed by atoms with Crippen LogP contribution in [0.1, 0.15) is 40.2 Å². The van der Waals surface area contributed by atoms with Gasteiger partial charge in [0.1, 0.15) is 13.8 Å². The highest BCUT2D eigenvalue weighted by atomic mass is 28.3. The van der Waals surface area contributed by atoms with E-state index < -0.39 is 8.07 Å². The molecule has 1 aliphatic carbocycles. The van der Waals surface area contributed by atoms with Crippen LogP contribution in [0.15, 0.2) is 42.5 Å². The smallest absolute Gasteiger partial charge is 0.121 e. The Hall–Kier alpha value is -1.28. The van der Waals surface area contributed by atoms with Crippen molar-refractivity contribution in [1.29, 1.82) is 0 Å². The maximum absolute atomic E-state index is 5.96. The first kappa shape index (κ1) is 17.1. The zero-order chi connectivity index (χ0) is 16.4. The zero-order valence-corrected chi connectivity index (χ0v) is 15.9. The molecule has 0 fully saturated rings. The molecule has 2 rings (SSSR count). The molecule has 0 heterocycles. The second kappa shape index (κ2) is 6.45. The molecule has 1 aromatic rings. The molecule has 0 aromatic heterocycles. The zero-order valence-electron chi connectivity index (χ0n) is 14.9. The van der Waals surface area contributed by atoms with Crippen molar-refractivity contribution in [3.63, 3.8) is 0 Å². The normalized spacial score (nSPS) is 15.5. The molecular formula is C20H30OSi. The third-order valence-electron chi connectivity index (χ3n) is 5.21. The molecule has 120 valence electrons. The molecule has 0 saturated carbocycles. The van der Waals surface area contributed by atoms with Gasteiger partial charge in [-0.2, -0.15) is 0 Å². The third-order valence-corrected chi connectivity index (χ3v) is 10.9. The second-order valence-electron chi connectivity index (χ2n) is 7.30. The van der Waals surface area contributed by atoms with Gasteiger partial charge in [-0.15, -0.1) is 0 Å². The largest absolute Gasteiger partial charge is 0.497 e. The van der Waals surface area contributed by atoms with Gasteiger partial charge in [0.2, 0.25) is 0 Å². The molecule has 0 aliphatic heterocycles. The Balaban J connectivity index is 2.67. The number of hydrogen-bond donors (Lipinski definition) is 0. The lowest BCUT2D eigenvalue weighted by Gasteiger charge is -2.37. The molecule has 0 spiro atoms. The Bertz CT molecular complexity index is 562. The molecule has 2 heteroatoms. The van der Waals surface area contributed by atoms with Gasteiger partial charge >= 0.3 is 0 Å². The molecule has 0 N–H and O–H groups in total. The predicted octanol–water partition coefficient (Wildman–Crippen LogP) is 5.18. The topological polar surface area (TPSA) is 9.23 Å². The average molecular weight is 315 g/mol. The lowest BCUT2D eigenvalue weighted by Crippen LogP contribution is -2.50. The Morgan fingerprint density at radius 1 is 1.05 bits per heavy atom. The summed E-state index contributed by atoms with van der Waals surface area (Å²) in [5.74, 6) is 1.14. The molecule has 0 unspecified atom stereocenters. The summed E-state index contributed by atoms with van der Waals surface area (Å²) in [5, 5.41) is 1.49. The van der Waals surface area contributed by atoms with E-state index in [1.807, 2.05) is 7.11 Å². The van der Waals surface area contributed by atoms with Crippen molar-refractivity contribution >= 4 is 13.3 Å². The maximum Gasteiger partial charge on any atom is 0.121 e. The van der Waals surface area contributed by atoms with Crippen molar-refractivity contribution in [3.8, 4) is 5.75 Å². The van der Waals surface area contributed by atoms with Gasteiger partial charge in [0.05, 0.1) is 7.11 Å². The summed E-state index contributed by atoms with van der Waals surface area (Å²) < 4.78 is 5.96. The van der Waals surface area contributed by atoms with E-state index in [9.17, 15) is 0 Å². The van der Waals surface area contributed by atoms with Crippen molar-refractivity contribution in [2.24, 2.45) is 0 Å². The lowest BCUT2D eigenvalue weighted by atomic mass is 9.86. The first-order valence-corrected chi connectivity index (χ1v) is 10.9. The van der Waals surface area contributed by atoms with E-state index in [4.69, 9.17) is 4.74 Å². The molecule has 0 atom stereocenters. The molecule has 0 radical (unpaired) electrons. The summed E-state index contributed by atoms with van der Waals surface area (Å²) in [6.07, 6.45) is 9.19. The summed E-state index contributed by atoms with van der Waals surface area (Å²) >= 11 is 0. The number of benzene rings is 1. The first-order chi connectivity index (χ1) is 10.4. The number of allylic oxidation sites excluding steroid dienone is 4. The molecule has 22 heavy (non-hydrogen) atoms. The van der Waals surface area contributed by atoms with E-state index in [2.05, 4.69) is 77.1 Å². The number of methoxy groups -OCH3 is 1. The third kappa shape index (κ3) is 2.81. The number of rotatable bonds is 5. The van der Waals surface area contributed by atoms with Gasteiger partial charge < -0.3 is 4.74 Å². The van der Waals surface area contributed by atoms with Crippen LogP contribution in [0.3, 0.4) is 0 Å². The fraction of sp³-hybridized carbons (Fsp3) is 0.500. The summed E-state index contributed by atoms with van der Waals surface area (Å²) in [6, 6.07) is 9.27. The summed E-state index contributed by atoms with van der Waals surface area (Å²) in [5.41, 5.74) is 2.02. The monoisotopic (exact) mass is 314 g/mol. The van der Waals surface area contributed by atoms with Crippen LogP contribution in [0.25, 0.3) is 0 Å². The SMILES string of the molecule is CC[Si](CC)(c1cccc(C(C)(C)C)c1OC)C1C=CC=C1. The fourth-order valence-corrected chi connectivity index (χ4v) is 8.46. The van der Waals surface area contributed by atoms with Gasteiger partial charge in [0.25, 0.3) is 0 Å². The van der Waals surface area contributed by atoms with Crippen LogP contribution in [0, 0.1) is 0 Å². The van der Waals surface area contributed by atoms with Gasteiger partial charge in [0.15, 0.2) is 0 Å².